The Hall–Kier alpha value is -4.78. The SMILES string of the molecule is Nc1ncc2c3c1c(-c1ccc(C(=O)Nc4cc(C(F)(F)F)ccn4)cc1)nn3[C@@H]1CCC[C@H](C1)NC(=O)COCCC/C=C/2. The summed E-state index contributed by atoms with van der Waals surface area (Å²) in [6, 6.07) is 8.18. The molecule has 0 radical (unpaired) electrons. The molecule has 1 fully saturated rings. The van der Waals surface area contributed by atoms with E-state index in [4.69, 9.17) is 15.6 Å². The Morgan fingerprint density at radius 1 is 1.11 bits per heavy atom. The lowest BCUT2D eigenvalue weighted by molar-refractivity contribution is -0.137. The fourth-order valence-corrected chi connectivity index (χ4v) is 5.91. The number of nitrogens with zero attached hydrogens (tertiary/aromatic N) is 4. The van der Waals surface area contributed by atoms with Gasteiger partial charge in [-0.05, 0) is 62.8 Å². The van der Waals surface area contributed by atoms with Crippen molar-refractivity contribution < 1.29 is 27.5 Å². The van der Waals surface area contributed by atoms with Gasteiger partial charge in [0.25, 0.3) is 5.91 Å². The van der Waals surface area contributed by atoms with Crippen LogP contribution in [0.3, 0.4) is 0 Å². The maximum absolute atomic E-state index is 13.1. The molecular formula is C32H32F3N7O3. The molecular weight excluding hydrogens is 587 g/mol. The van der Waals surface area contributed by atoms with Crippen LogP contribution in [0.2, 0.25) is 0 Å². The fraction of sp³-hybridized carbons (Fsp3) is 0.344. The molecule has 4 heterocycles. The van der Waals surface area contributed by atoms with Crippen LogP contribution in [0, 0.1) is 0 Å². The molecule has 1 aromatic carbocycles. The van der Waals surface area contributed by atoms with Crippen LogP contribution in [0.4, 0.5) is 24.8 Å². The topological polar surface area (TPSA) is 137 Å². The molecule has 2 amide bonds. The zero-order valence-electron chi connectivity index (χ0n) is 24.3. The Labute approximate surface area is 256 Å². The summed E-state index contributed by atoms with van der Waals surface area (Å²) in [5.41, 5.74) is 8.79. The Morgan fingerprint density at radius 3 is 2.73 bits per heavy atom. The number of allylic oxidation sites excluding steroid dienone is 1. The molecule has 45 heavy (non-hydrogen) atoms. The molecule has 234 valence electrons. The molecule has 1 saturated carbocycles. The van der Waals surface area contributed by atoms with Crippen molar-refractivity contribution in [3.05, 3.63) is 71.6 Å². The second-order valence-corrected chi connectivity index (χ2v) is 11.3. The first-order valence-corrected chi connectivity index (χ1v) is 14.8. The number of ether oxygens (including phenoxy) is 1. The van der Waals surface area contributed by atoms with Crippen LogP contribution >= 0.6 is 0 Å². The van der Waals surface area contributed by atoms with Crippen LogP contribution in [0.1, 0.15) is 66.1 Å². The molecule has 0 unspecified atom stereocenters. The number of aromatic nitrogens is 4. The van der Waals surface area contributed by atoms with E-state index < -0.39 is 17.6 Å². The average Bonchev–Trinajstić information content (AvgIpc) is 3.43. The monoisotopic (exact) mass is 619 g/mol. The fourth-order valence-electron chi connectivity index (χ4n) is 5.91. The molecule has 10 nitrogen and oxygen atoms in total. The van der Waals surface area contributed by atoms with E-state index in [1.807, 2.05) is 16.8 Å². The molecule has 0 saturated heterocycles. The molecule has 13 heteroatoms. The van der Waals surface area contributed by atoms with Gasteiger partial charge in [-0.1, -0.05) is 24.3 Å². The van der Waals surface area contributed by atoms with Crippen LogP contribution in [0.25, 0.3) is 28.2 Å². The summed E-state index contributed by atoms with van der Waals surface area (Å²) in [4.78, 5) is 33.7. The minimum atomic E-state index is -4.56. The quantitative estimate of drug-likeness (QED) is 0.265. The minimum Gasteiger partial charge on any atom is -0.383 e. The van der Waals surface area contributed by atoms with Gasteiger partial charge in [0, 0.05) is 41.7 Å². The van der Waals surface area contributed by atoms with Crippen molar-refractivity contribution in [2.75, 3.05) is 24.3 Å². The zero-order chi connectivity index (χ0) is 31.6. The summed E-state index contributed by atoms with van der Waals surface area (Å²) in [5, 5.41) is 11.3. The van der Waals surface area contributed by atoms with Crippen molar-refractivity contribution in [2.45, 2.75) is 56.8 Å². The van der Waals surface area contributed by atoms with Crippen molar-refractivity contribution in [3.63, 3.8) is 0 Å². The number of nitrogens with two attached hydrogens (primary N) is 1. The molecule has 2 atom stereocenters. The molecule has 2 aliphatic rings. The van der Waals surface area contributed by atoms with E-state index >= 15 is 0 Å². The van der Waals surface area contributed by atoms with Gasteiger partial charge < -0.3 is 21.1 Å². The van der Waals surface area contributed by atoms with Crippen LogP contribution < -0.4 is 16.4 Å². The Kier molecular flexibility index (Phi) is 8.52. The maximum atomic E-state index is 13.1. The molecule has 4 N–H and O–H groups in total. The number of carbonyl (C=O) groups is 2. The van der Waals surface area contributed by atoms with Crippen molar-refractivity contribution in [2.24, 2.45) is 0 Å². The highest BCUT2D eigenvalue weighted by Gasteiger charge is 2.31. The molecule has 1 aliphatic heterocycles. The number of hydrogen-bond acceptors (Lipinski definition) is 7. The predicted molar refractivity (Wildman–Crippen MR) is 163 cm³/mol. The normalized spacial score (nSPS) is 20.1. The van der Waals surface area contributed by atoms with E-state index in [1.165, 1.54) is 0 Å². The van der Waals surface area contributed by atoms with Gasteiger partial charge in [0.1, 0.15) is 23.9 Å². The first-order valence-electron chi connectivity index (χ1n) is 14.8. The predicted octanol–water partition coefficient (Wildman–Crippen LogP) is 5.77. The molecule has 1 aliphatic carbocycles. The summed E-state index contributed by atoms with van der Waals surface area (Å²) in [7, 11) is 0. The Bertz CT molecular complexity index is 1750. The van der Waals surface area contributed by atoms with Gasteiger partial charge in [-0.15, -0.1) is 0 Å². The number of pyridine rings is 2. The highest BCUT2D eigenvalue weighted by Crippen LogP contribution is 2.39. The number of nitrogens with one attached hydrogen (secondary N) is 2. The van der Waals surface area contributed by atoms with E-state index in [0.29, 0.717) is 35.5 Å². The van der Waals surface area contributed by atoms with Gasteiger partial charge in [-0.2, -0.15) is 18.3 Å². The number of nitrogen functional groups attached to an aromatic ring is 1. The van der Waals surface area contributed by atoms with Gasteiger partial charge in [0.15, 0.2) is 0 Å². The van der Waals surface area contributed by atoms with Gasteiger partial charge in [-0.3, -0.25) is 14.3 Å². The number of anilines is 2. The van der Waals surface area contributed by atoms with Crippen molar-refractivity contribution in [1.29, 1.82) is 0 Å². The third kappa shape index (κ3) is 6.68. The van der Waals surface area contributed by atoms with Crippen LogP contribution in [0.15, 0.2) is 54.9 Å². The third-order valence-corrected chi connectivity index (χ3v) is 8.08. The summed E-state index contributed by atoms with van der Waals surface area (Å²) >= 11 is 0. The largest absolute Gasteiger partial charge is 0.416 e. The zero-order valence-corrected chi connectivity index (χ0v) is 24.3. The third-order valence-electron chi connectivity index (χ3n) is 8.08. The highest BCUT2D eigenvalue weighted by atomic mass is 19.4. The molecule has 4 aromatic rings. The van der Waals surface area contributed by atoms with E-state index in [9.17, 15) is 22.8 Å². The van der Waals surface area contributed by atoms with E-state index in [0.717, 1.165) is 61.5 Å². The van der Waals surface area contributed by atoms with Crippen LogP contribution in [-0.4, -0.2) is 50.8 Å². The van der Waals surface area contributed by atoms with Crippen molar-refractivity contribution in [1.82, 2.24) is 25.1 Å². The maximum Gasteiger partial charge on any atom is 0.416 e. The Balaban J connectivity index is 1.35. The van der Waals surface area contributed by atoms with Gasteiger partial charge in [0.05, 0.1) is 22.5 Å². The average molecular weight is 620 g/mol. The number of carbonyl (C=O) groups excluding carboxylic acids is 2. The summed E-state index contributed by atoms with van der Waals surface area (Å²) < 4.78 is 46.8. The van der Waals surface area contributed by atoms with Crippen molar-refractivity contribution >= 4 is 40.4 Å². The van der Waals surface area contributed by atoms with Gasteiger partial charge in [0.2, 0.25) is 5.91 Å². The molecule has 0 spiro atoms. The number of hydrogen-bond donors (Lipinski definition) is 3. The number of benzene rings is 1. The number of amides is 2. The summed E-state index contributed by atoms with van der Waals surface area (Å²) in [6.07, 6.45) is 7.07. The number of rotatable bonds is 3. The number of fused-ring (bicyclic) bond motifs is 3. The molecule has 6 rings (SSSR count). The summed E-state index contributed by atoms with van der Waals surface area (Å²) in [5.74, 6) is -0.623. The van der Waals surface area contributed by atoms with E-state index in [-0.39, 0.29) is 36.0 Å². The second-order valence-electron chi connectivity index (χ2n) is 11.3. The standard InChI is InChI=1S/C32H32F3N7O3/c33-32(34,35)22-12-13-37-25(15-22)40-31(44)20-10-8-19(9-11-20)28-27-29-21(17-38-30(27)36)5-2-1-3-14-45-18-26(43)39-23-6-4-7-24(16-23)42(29)41-28/h2,5,8-13,15,17,23-24H,1,3-4,6-7,14,16,18H2,(H2,36,38)(H,39,43)(H,37,40,44)/b5-2+/t23-,24-/m1/s1. The van der Waals surface area contributed by atoms with Crippen molar-refractivity contribution in [3.8, 4) is 11.3 Å². The smallest absolute Gasteiger partial charge is 0.383 e. The van der Waals surface area contributed by atoms with Crippen LogP contribution in [-0.2, 0) is 15.7 Å². The first kappa shape index (κ1) is 30.3. The molecule has 2 bridgehead atoms. The van der Waals surface area contributed by atoms with E-state index in [1.54, 1.807) is 30.5 Å². The van der Waals surface area contributed by atoms with Gasteiger partial charge in [-0.25, -0.2) is 9.97 Å². The minimum absolute atomic E-state index is 0.00897. The highest BCUT2D eigenvalue weighted by molar-refractivity contribution is 6.06. The van der Waals surface area contributed by atoms with E-state index in [2.05, 4.69) is 20.6 Å². The lowest BCUT2D eigenvalue weighted by atomic mass is 9.90. The second kappa shape index (κ2) is 12.7. The molecule has 3 aromatic heterocycles. The lowest BCUT2D eigenvalue weighted by Crippen LogP contribution is -2.40. The lowest BCUT2D eigenvalue weighted by Gasteiger charge is -2.30. The van der Waals surface area contributed by atoms with Gasteiger partial charge >= 0.3 is 6.18 Å². The number of halogens is 3. The number of alkyl halides is 3. The summed E-state index contributed by atoms with van der Waals surface area (Å²) in [6.45, 7) is 0.513. The van der Waals surface area contributed by atoms with Crippen LogP contribution in [0.5, 0.6) is 0 Å². The Morgan fingerprint density at radius 2 is 1.93 bits per heavy atom. The first-order chi connectivity index (χ1) is 21.7.